The second-order valence-corrected chi connectivity index (χ2v) is 3.23. The maximum Gasteiger partial charge on any atom is 0.296 e. The summed E-state index contributed by atoms with van der Waals surface area (Å²) in [6, 6.07) is 0. The monoisotopic (exact) mass is 176 g/mol. The summed E-state index contributed by atoms with van der Waals surface area (Å²) in [5, 5.41) is 0. The largest absolute Gasteiger partial charge is 0.299 e. The number of hydrogen-bond donors (Lipinski definition) is 0. The Balaban J connectivity index is 2.32. The Kier molecular flexibility index (Phi) is 2.55. The zero-order chi connectivity index (χ0) is 9.30. The molecular formula is C8H10F2O2. The van der Waals surface area contributed by atoms with Gasteiger partial charge in [0.05, 0.1) is 6.42 Å². The van der Waals surface area contributed by atoms with Gasteiger partial charge in [-0.05, 0) is 12.3 Å². The van der Waals surface area contributed by atoms with E-state index in [0.717, 1.165) is 6.42 Å². The fourth-order valence-corrected chi connectivity index (χ4v) is 1.15. The molecule has 2 nitrogen and oxygen atoms in total. The Morgan fingerprint density at radius 3 is 2.33 bits per heavy atom. The van der Waals surface area contributed by atoms with Gasteiger partial charge in [0.1, 0.15) is 5.78 Å². The van der Waals surface area contributed by atoms with E-state index in [0.29, 0.717) is 0 Å². The van der Waals surface area contributed by atoms with Gasteiger partial charge < -0.3 is 0 Å². The highest BCUT2D eigenvalue weighted by Crippen LogP contribution is 2.39. The standard InChI is InChI=1S/C8H10F2O2/c1-4-2-5(4)6(11)3-7(12)8(9)10/h4-5,8H,2-3H2,1H3. The third kappa shape index (κ3) is 2.09. The summed E-state index contributed by atoms with van der Waals surface area (Å²) in [6.45, 7) is 1.87. The predicted molar refractivity (Wildman–Crippen MR) is 37.9 cm³/mol. The molecule has 12 heavy (non-hydrogen) atoms. The smallest absolute Gasteiger partial charge is 0.296 e. The molecule has 1 aliphatic rings. The molecule has 0 radical (unpaired) electrons. The van der Waals surface area contributed by atoms with E-state index >= 15 is 0 Å². The number of Topliss-reactive ketones (excluding diaryl/α,β-unsaturated/α-hetero) is 2. The molecule has 2 unspecified atom stereocenters. The van der Waals surface area contributed by atoms with Crippen molar-refractivity contribution in [2.75, 3.05) is 0 Å². The highest BCUT2D eigenvalue weighted by atomic mass is 19.3. The molecule has 0 bridgehead atoms. The summed E-state index contributed by atoms with van der Waals surface area (Å²) in [6.07, 6.45) is -2.84. The molecule has 0 aromatic carbocycles. The number of carbonyl (C=O) groups is 2. The molecule has 68 valence electrons. The molecule has 0 saturated heterocycles. The molecule has 4 heteroatoms. The second-order valence-electron chi connectivity index (χ2n) is 3.23. The first-order valence-electron chi connectivity index (χ1n) is 3.86. The van der Waals surface area contributed by atoms with Gasteiger partial charge in [0.2, 0.25) is 5.78 Å². The summed E-state index contributed by atoms with van der Waals surface area (Å²) < 4.78 is 23.3. The van der Waals surface area contributed by atoms with Crippen LogP contribution in [0.2, 0.25) is 0 Å². The highest BCUT2D eigenvalue weighted by Gasteiger charge is 2.39. The minimum atomic E-state index is -3.00. The van der Waals surface area contributed by atoms with Crippen LogP contribution in [0.3, 0.4) is 0 Å². The predicted octanol–water partition coefficient (Wildman–Crippen LogP) is 1.44. The second kappa shape index (κ2) is 3.29. The van der Waals surface area contributed by atoms with Crippen LogP contribution in [0.1, 0.15) is 19.8 Å². The lowest BCUT2D eigenvalue weighted by Crippen LogP contribution is -2.16. The Hall–Kier alpha value is -0.800. The highest BCUT2D eigenvalue weighted by molar-refractivity contribution is 6.02. The van der Waals surface area contributed by atoms with Crippen molar-refractivity contribution in [1.82, 2.24) is 0 Å². The Morgan fingerprint density at radius 1 is 1.50 bits per heavy atom. The van der Waals surface area contributed by atoms with Crippen LogP contribution in [-0.4, -0.2) is 18.0 Å². The molecule has 0 heterocycles. The SMILES string of the molecule is CC1CC1C(=O)CC(=O)C(F)F. The Bertz CT molecular complexity index is 213. The van der Waals surface area contributed by atoms with Crippen molar-refractivity contribution in [3.63, 3.8) is 0 Å². The van der Waals surface area contributed by atoms with Crippen molar-refractivity contribution in [3.05, 3.63) is 0 Å². The van der Waals surface area contributed by atoms with Gasteiger partial charge in [-0.3, -0.25) is 9.59 Å². The number of hydrogen-bond acceptors (Lipinski definition) is 2. The lowest BCUT2D eigenvalue weighted by atomic mass is 10.1. The first-order valence-corrected chi connectivity index (χ1v) is 3.86. The van der Waals surface area contributed by atoms with Crippen molar-refractivity contribution < 1.29 is 18.4 Å². The van der Waals surface area contributed by atoms with Gasteiger partial charge >= 0.3 is 0 Å². The maximum atomic E-state index is 11.7. The van der Waals surface area contributed by atoms with E-state index in [4.69, 9.17) is 0 Å². The van der Waals surface area contributed by atoms with E-state index in [-0.39, 0.29) is 17.6 Å². The van der Waals surface area contributed by atoms with E-state index < -0.39 is 18.6 Å². The van der Waals surface area contributed by atoms with Gasteiger partial charge in [0, 0.05) is 5.92 Å². The molecule has 0 amide bonds. The number of ketones is 2. The summed E-state index contributed by atoms with van der Waals surface area (Å²) >= 11 is 0. The van der Waals surface area contributed by atoms with E-state index in [1.807, 2.05) is 6.92 Å². The molecule has 0 N–H and O–H groups in total. The van der Waals surface area contributed by atoms with Crippen LogP contribution in [0.4, 0.5) is 8.78 Å². The van der Waals surface area contributed by atoms with Gasteiger partial charge in [-0.15, -0.1) is 0 Å². The molecule has 1 saturated carbocycles. The molecule has 1 fully saturated rings. The molecular weight excluding hydrogens is 166 g/mol. The van der Waals surface area contributed by atoms with Crippen LogP contribution in [0.15, 0.2) is 0 Å². The Morgan fingerprint density at radius 2 is 2.00 bits per heavy atom. The molecule has 1 aliphatic carbocycles. The molecule has 0 spiro atoms. The van der Waals surface area contributed by atoms with Gasteiger partial charge in [-0.1, -0.05) is 6.92 Å². The summed E-state index contributed by atoms with van der Waals surface area (Å²) in [7, 11) is 0. The maximum absolute atomic E-state index is 11.7. The summed E-state index contributed by atoms with van der Waals surface area (Å²) in [5.41, 5.74) is 0. The fraction of sp³-hybridized carbons (Fsp3) is 0.750. The molecule has 2 atom stereocenters. The lowest BCUT2D eigenvalue weighted by molar-refractivity contribution is -0.134. The van der Waals surface area contributed by atoms with Crippen molar-refractivity contribution in [2.45, 2.75) is 26.2 Å². The van der Waals surface area contributed by atoms with Crippen molar-refractivity contribution in [1.29, 1.82) is 0 Å². The minimum Gasteiger partial charge on any atom is -0.299 e. The van der Waals surface area contributed by atoms with E-state index in [1.54, 1.807) is 0 Å². The van der Waals surface area contributed by atoms with Crippen LogP contribution in [0.25, 0.3) is 0 Å². The number of carbonyl (C=O) groups excluding carboxylic acids is 2. The summed E-state index contributed by atoms with van der Waals surface area (Å²) in [5.74, 6) is -1.43. The van der Waals surface area contributed by atoms with E-state index in [2.05, 4.69) is 0 Å². The third-order valence-electron chi connectivity index (χ3n) is 2.11. The molecule has 1 rings (SSSR count). The number of rotatable bonds is 4. The zero-order valence-corrected chi connectivity index (χ0v) is 6.72. The van der Waals surface area contributed by atoms with Gasteiger partial charge in [0.15, 0.2) is 0 Å². The lowest BCUT2D eigenvalue weighted by Gasteiger charge is -1.96. The van der Waals surface area contributed by atoms with Crippen LogP contribution in [0.5, 0.6) is 0 Å². The van der Waals surface area contributed by atoms with Gasteiger partial charge in [-0.2, -0.15) is 0 Å². The van der Waals surface area contributed by atoms with E-state index in [1.165, 1.54) is 0 Å². The first-order chi connectivity index (χ1) is 5.52. The fourth-order valence-electron chi connectivity index (χ4n) is 1.15. The first kappa shape index (κ1) is 9.29. The minimum absolute atomic E-state index is 0.132. The zero-order valence-electron chi connectivity index (χ0n) is 6.72. The Labute approximate surface area is 68.9 Å². The normalized spacial score (nSPS) is 27.3. The van der Waals surface area contributed by atoms with Crippen LogP contribution in [-0.2, 0) is 9.59 Å². The van der Waals surface area contributed by atoms with Crippen LogP contribution < -0.4 is 0 Å². The number of alkyl halides is 2. The number of halogens is 2. The molecule has 0 aromatic heterocycles. The van der Waals surface area contributed by atoms with Crippen LogP contribution >= 0.6 is 0 Å². The molecule has 0 aromatic rings. The van der Waals surface area contributed by atoms with Gasteiger partial charge in [-0.25, -0.2) is 8.78 Å². The average Bonchev–Trinajstić information content (AvgIpc) is 2.66. The van der Waals surface area contributed by atoms with Crippen molar-refractivity contribution in [2.24, 2.45) is 11.8 Å². The topological polar surface area (TPSA) is 34.1 Å². The van der Waals surface area contributed by atoms with E-state index in [9.17, 15) is 18.4 Å². The summed E-state index contributed by atoms with van der Waals surface area (Å²) in [4.78, 5) is 21.4. The van der Waals surface area contributed by atoms with Crippen LogP contribution in [0, 0.1) is 11.8 Å². The quantitative estimate of drug-likeness (QED) is 0.607. The molecule has 0 aliphatic heterocycles. The third-order valence-corrected chi connectivity index (χ3v) is 2.11. The van der Waals surface area contributed by atoms with Crippen molar-refractivity contribution in [3.8, 4) is 0 Å². The van der Waals surface area contributed by atoms with Gasteiger partial charge in [0.25, 0.3) is 6.43 Å². The van der Waals surface area contributed by atoms with Crippen molar-refractivity contribution >= 4 is 11.6 Å². The average molecular weight is 176 g/mol.